The highest BCUT2D eigenvalue weighted by Crippen LogP contribution is 2.27. The molecule has 0 aliphatic carbocycles. The highest BCUT2D eigenvalue weighted by molar-refractivity contribution is 7.17. The van der Waals surface area contributed by atoms with Gasteiger partial charge in [-0.15, -0.1) is 0 Å². The number of amides is 1. The second kappa shape index (κ2) is 6.94. The smallest absolute Gasteiger partial charge is 0.267 e. The summed E-state index contributed by atoms with van der Waals surface area (Å²) in [5, 5.41) is 5.82. The molecule has 2 aromatic carbocycles. The monoisotopic (exact) mass is 363 g/mol. The van der Waals surface area contributed by atoms with Gasteiger partial charge >= 0.3 is 0 Å². The van der Waals surface area contributed by atoms with Crippen LogP contribution in [0.5, 0.6) is 0 Å². The molecule has 128 valence electrons. The van der Waals surface area contributed by atoms with Gasteiger partial charge in [-0.1, -0.05) is 17.4 Å². The first-order chi connectivity index (χ1) is 11.9. The fourth-order valence-corrected chi connectivity index (χ4v) is 2.99. The summed E-state index contributed by atoms with van der Waals surface area (Å²) < 4.78 is 39.4. The van der Waals surface area contributed by atoms with E-state index in [2.05, 4.69) is 15.6 Å². The van der Waals surface area contributed by atoms with Crippen LogP contribution in [0.4, 0.5) is 29.7 Å². The molecule has 0 aliphatic rings. The van der Waals surface area contributed by atoms with Crippen LogP contribution in [-0.2, 0) is 0 Å². The van der Waals surface area contributed by atoms with Gasteiger partial charge in [0.25, 0.3) is 5.91 Å². The van der Waals surface area contributed by atoms with Gasteiger partial charge < -0.3 is 10.6 Å². The van der Waals surface area contributed by atoms with Gasteiger partial charge in [-0.25, -0.2) is 18.2 Å². The van der Waals surface area contributed by atoms with Crippen molar-refractivity contribution in [3.05, 3.63) is 70.5 Å². The van der Waals surface area contributed by atoms with Gasteiger partial charge in [-0.2, -0.15) is 0 Å². The molecule has 0 atom stereocenters. The number of anilines is 3. The van der Waals surface area contributed by atoms with E-state index in [0.717, 1.165) is 23.5 Å². The van der Waals surface area contributed by atoms with E-state index in [9.17, 15) is 18.0 Å². The van der Waals surface area contributed by atoms with Crippen LogP contribution in [0.1, 0.15) is 15.4 Å². The summed E-state index contributed by atoms with van der Waals surface area (Å²) in [5.41, 5.74) is 1.10. The number of aryl methyl sites for hydroxylation is 1. The largest absolute Gasteiger partial charge is 0.331 e. The molecular weight excluding hydrogens is 351 g/mol. The van der Waals surface area contributed by atoms with Crippen LogP contribution in [0, 0.1) is 24.4 Å². The van der Waals surface area contributed by atoms with Gasteiger partial charge in [-0.3, -0.25) is 4.79 Å². The lowest BCUT2D eigenvalue weighted by atomic mass is 10.3. The Morgan fingerprint density at radius 3 is 2.56 bits per heavy atom. The second-order valence-corrected chi connectivity index (χ2v) is 6.15. The van der Waals surface area contributed by atoms with Crippen LogP contribution in [0.15, 0.2) is 42.5 Å². The summed E-state index contributed by atoms with van der Waals surface area (Å²) in [6.45, 7) is 1.65. The lowest BCUT2D eigenvalue weighted by molar-refractivity contribution is 0.103. The van der Waals surface area contributed by atoms with Crippen molar-refractivity contribution in [2.45, 2.75) is 6.92 Å². The Balaban J connectivity index is 1.77. The standard InChI is InChI=1S/C17H12F3N3OS/c1-9-15(16(24)22-12-5-6-13(19)14(20)8-12)25-17(21-9)23-11-4-2-3-10(18)7-11/h2-8H,1H3,(H,21,23)(H,22,24). The van der Waals surface area contributed by atoms with E-state index in [0.29, 0.717) is 21.4 Å². The van der Waals surface area contributed by atoms with E-state index >= 15 is 0 Å². The molecular formula is C17H12F3N3OS. The Kier molecular flexibility index (Phi) is 4.71. The fourth-order valence-electron chi connectivity index (χ4n) is 2.11. The van der Waals surface area contributed by atoms with Crippen LogP contribution in [0.3, 0.4) is 0 Å². The number of rotatable bonds is 4. The number of benzene rings is 2. The summed E-state index contributed by atoms with van der Waals surface area (Å²) in [4.78, 5) is 16.8. The quantitative estimate of drug-likeness (QED) is 0.696. The van der Waals surface area contributed by atoms with Gasteiger partial charge in [0, 0.05) is 17.4 Å². The van der Waals surface area contributed by atoms with Crippen LogP contribution in [0.2, 0.25) is 0 Å². The maximum atomic E-state index is 13.2. The minimum Gasteiger partial charge on any atom is -0.331 e. The van der Waals surface area contributed by atoms with Crippen molar-refractivity contribution in [2.75, 3.05) is 10.6 Å². The second-order valence-electron chi connectivity index (χ2n) is 5.15. The first-order valence-corrected chi connectivity index (χ1v) is 8.00. The van der Waals surface area contributed by atoms with Crippen LogP contribution >= 0.6 is 11.3 Å². The van der Waals surface area contributed by atoms with Crippen molar-refractivity contribution < 1.29 is 18.0 Å². The Morgan fingerprint density at radius 2 is 1.84 bits per heavy atom. The molecule has 3 aromatic rings. The topological polar surface area (TPSA) is 54.0 Å². The molecule has 1 aromatic heterocycles. The predicted octanol–water partition coefficient (Wildman–Crippen LogP) is 4.86. The number of hydrogen-bond donors (Lipinski definition) is 2. The number of nitrogens with one attached hydrogen (secondary N) is 2. The highest BCUT2D eigenvalue weighted by atomic mass is 32.1. The molecule has 0 radical (unpaired) electrons. The highest BCUT2D eigenvalue weighted by Gasteiger charge is 2.16. The normalized spacial score (nSPS) is 10.6. The molecule has 0 bridgehead atoms. The average molecular weight is 363 g/mol. The molecule has 3 rings (SSSR count). The van der Waals surface area contributed by atoms with E-state index in [4.69, 9.17) is 0 Å². The summed E-state index contributed by atoms with van der Waals surface area (Å²) in [5.74, 6) is -2.93. The average Bonchev–Trinajstić information content (AvgIpc) is 2.91. The number of halogens is 3. The lowest BCUT2D eigenvalue weighted by Crippen LogP contribution is -2.11. The van der Waals surface area contributed by atoms with Crippen molar-refractivity contribution in [1.29, 1.82) is 0 Å². The molecule has 4 nitrogen and oxygen atoms in total. The van der Waals surface area contributed by atoms with Crippen LogP contribution in [0.25, 0.3) is 0 Å². The fraction of sp³-hybridized carbons (Fsp3) is 0.0588. The minimum atomic E-state index is -1.05. The van der Waals surface area contributed by atoms with E-state index in [1.165, 1.54) is 18.2 Å². The van der Waals surface area contributed by atoms with E-state index in [1.807, 2.05) is 0 Å². The lowest BCUT2D eigenvalue weighted by Gasteiger charge is -2.04. The molecule has 8 heteroatoms. The molecule has 1 amide bonds. The molecule has 0 spiro atoms. The third-order valence-electron chi connectivity index (χ3n) is 3.26. The van der Waals surface area contributed by atoms with E-state index in [-0.39, 0.29) is 5.69 Å². The Labute approximate surface area is 145 Å². The summed E-state index contributed by atoms with van der Waals surface area (Å²) >= 11 is 1.07. The van der Waals surface area contributed by atoms with Crippen LogP contribution in [-0.4, -0.2) is 10.9 Å². The van der Waals surface area contributed by atoms with Gasteiger partial charge in [0.15, 0.2) is 16.8 Å². The zero-order chi connectivity index (χ0) is 18.0. The van der Waals surface area contributed by atoms with Gasteiger partial charge in [0.05, 0.1) is 5.69 Å². The summed E-state index contributed by atoms with van der Waals surface area (Å²) in [7, 11) is 0. The van der Waals surface area contributed by atoms with Crippen LogP contribution < -0.4 is 10.6 Å². The number of aromatic nitrogens is 1. The maximum Gasteiger partial charge on any atom is 0.267 e. The minimum absolute atomic E-state index is 0.135. The van der Waals surface area contributed by atoms with Crippen molar-refractivity contribution in [3.63, 3.8) is 0 Å². The van der Waals surface area contributed by atoms with Crippen molar-refractivity contribution in [2.24, 2.45) is 0 Å². The number of carbonyl (C=O) groups excluding carboxylic acids is 1. The number of carbonyl (C=O) groups is 1. The number of thiazole rings is 1. The Morgan fingerprint density at radius 1 is 1.04 bits per heavy atom. The molecule has 0 aliphatic heterocycles. The zero-order valence-corrected chi connectivity index (χ0v) is 13.8. The third-order valence-corrected chi connectivity index (χ3v) is 4.33. The van der Waals surface area contributed by atoms with E-state index < -0.39 is 23.4 Å². The zero-order valence-electron chi connectivity index (χ0n) is 12.9. The molecule has 0 fully saturated rings. The van der Waals surface area contributed by atoms with Crippen molar-refractivity contribution in [1.82, 2.24) is 4.98 Å². The van der Waals surface area contributed by atoms with Gasteiger partial charge in [-0.05, 0) is 37.3 Å². The van der Waals surface area contributed by atoms with Gasteiger partial charge in [0.1, 0.15) is 10.7 Å². The van der Waals surface area contributed by atoms with Crippen molar-refractivity contribution in [3.8, 4) is 0 Å². The summed E-state index contributed by atoms with van der Waals surface area (Å²) in [6, 6.07) is 8.93. The Bertz CT molecular complexity index is 943. The maximum absolute atomic E-state index is 13.2. The van der Waals surface area contributed by atoms with Crippen molar-refractivity contribution >= 4 is 33.8 Å². The number of nitrogens with zero attached hydrogens (tertiary/aromatic N) is 1. The molecule has 0 saturated heterocycles. The Hall–Kier alpha value is -2.87. The predicted molar refractivity (Wildman–Crippen MR) is 90.8 cm³/mol. The number of hydrogen-bond acceptors (Lipinski definition) is 4. The molecule has 0 saturated carbocycles. The molecule has 2 N–H and O–H groups in total. The molecule has 1 heterocycles. The third kappa shape index (κ3) is 3.97. The molecule has 25 heavy (non-hydrogen) atoms. The first kappa shape index (κ1) is 17.0. The summed E-state index contributed by atoms with van der Waals surface area (Å²) in [6.07, 6.45) is 0. The van der Waals surface area contributed by atoms with Gasteiger partial charge in [0.2, 0.25) is 0 Å². The van der Waals surface area contributed by atoms with E-state index in [1.54, 1.807) is 19.1 Å². The first-order valence-electron chi connectivity index (χ1n) is 7.19. The SMILES string of the molecule is Cc1nc(Nc2cccc(F)c2)sc1C(=O)Nc1ccc(F)c(F)c1. The molecule has 0 unspecified atom stereocenters.